The molecule has 0 radical (unpaired) electrons. The maximum absolute atomic E-state index is 11.7. The molecule has 1 aliphatic heterocycles. The number of rotatable bonds is 10. The fraction of sp³-hybridized carbons (Fsp3) is 0.571. The number of carbonyl (C=O) groups excluding carboxylic acids is 2. The second kappa shape index (κ2) is 9.23. The lowest BCUT2D eigenvalue weighted by molar-refractivity contribution is -0.117. The van der Waals surface area contributed by atoms with Gasteiger partial charge in [0.25, 0.3) is 11.8 Å². The summed E-state index contributed by atoms with van der Waals surface area (Å²) < 4.78 is 0. The van der Waals surface area contributed by atoms with E-state index >= 15 is 0 Å². The van der Waals surface area contributed by atoms with Gasteiger partial charge < -0.3 is 41.7 Å². The molecule has 0 aromatic heterocycles. The first-order chi connectivity index (χ1) is 11.4. The summed E-state index contributed by atoms with van der Waals surface area (Å²) in [5, 5.41) is 36.8. The van der Waals surface area contributed by atoms with Crippen LogP contribution in [-0.2, 0) is 9.59 Å². The molecule has 1 heterocycles. The summed E-state index contributed by atoms with van der Waals surface area (Å²) in [7, 11) is 0. The van der Waals surface area contributed by atoms with E-state index in [0.717, 1.165) is 0 Å². The zero-order chi connectivity index (χ0) is 18.3. The van der Waals surface area contributed by atoms with Gasteiger partial charge in [-0.25, -0.2) is 0 Å². The summed E-state index contributed by atoms with van der Waals surface area (Å²) in [5.74, 6) is -2.75. The number of hydrogen-bond acceptors (Lipinski definition) is 8. The van der Waals surface area contributed by atoms with Gasteiger partial charge in [-0.2, -0.15) is 0 Å². The van der Waals surface area contributed by atoms with Gasteiger partial charge in [0, 0.05) is 63.8 Å². The molecule has 10 heteroatoms. The molecule has 8 N–H and O–H groups in total. The van der Waals surface area contributed by atoms with Crippen molar-refractivity contribution in [2.75, 3.05) is 39.5 Å². The Balaban J connectivity index is 3.16. The summed E-state index contributed by atoms with van der Waals surface area (Å²) in [4.78, 5) is 26.2. The van der Waals surface area contributed by atoms with E-state index in [1.54, 1.807) is 0 Å². The summed E-state index contributed by atoms with van der Waals surface area (Å²) >= 11 is 0. The first-order valence-corrected chi connectivity index (χ1v) is 7.37. The largest absolute Gasteiger partial charge is 0.396 e. The molecule has 0 unspecified atom stereocenters. The molecular weight excluding hydrogens is 320 g/mol. The van der Waals surface area contributed by atoms with Crippen molar-refractivity contribution in [2.24, 2.45) is 23.3 Å². The maximum Gasteiger partial charge on any atom is 0.266 e. The highest BCUT2D eigenvalue weighted by molar-refractivity contribution is 5.97. The fourth-order valence-electron chi connectivity index (χ4n) is 2.22. The number of nitrogens with two attached hydrogens (primary N) is 2. The molecule has 0 aliphatic carbocycles. The minimum absolute atomic E-state index is 0.0339. The Morgan fingerprint density at radius 2 is 1.21 bits per heavy atom. The number of aliphatic hydroxyl groups is 4. The molecule has 0 bridgehead atoms. The quantitative estimate of drug-likeness (QED) is 0.236. The summed E-state index contributed by atoms with van der Waals surface area (Å²) in [6.45, 7) is -1.18. The Hall–Kier alpha value is -2.14. The van der Waals surface area contributed by atoms with Gasteiger partial charge in [0.15, 0.2) is 0 Å². The third kappa shape index (κ3) is 4.93. The summed E-state index contributed by atoms with van der Waals surface area (Å²) in [6.07, 6.45) is 2.72. The molecule has 2 amide bonds. The smallest absolute Gasteiger partial charge is 0.266 e. The molecule has 136 valence electrons. The predicted octanol–water partition coefficient (Wildman–Crippen LogP) is -3.54. The normalized spacial score (nSPS) is 14.9. The van der Waals surface area contributed by atoms with Crippen molar-refractivity contribution in [1.29, 1.82) is 0 Å². The second-order valence-corrected chi connectivity index (χ2v) is 5.53. The number of amides is 2. The molecule has 24 heavy (non-hydrogen) atoms. The van der Waals surface area contributed by atoms with E-state index in [1.807, 2.05) is 0 Å². The Labute approximate surface area is 139 Å². The van der Waals surface area contributed by atoms with Crippen molar-refractivity contribution in [3.8, 4) is 0 Å². The topological polar surface area (TPSA) is 174 Å². The minimum Gasteiger partial charge on any atom is -0.396 e. The average molecular weight is 344 g/mol. The SMILES string of the molecule is NC(=O)C1=CN(CC(CO)CO)C=C(C(N)=O)N1CC(CO)CO. The van der Waals surface area contributed by atoms with E-state index in [0.29, 0.717) is 0 Å². The van der Waals surface area contributed by atoms with Crippen LogP contribution in [0.1, 0.15) is 0 Å². The van der Waals surface area contributed by atoms with E-state index in [4.69, 9.17) is 21.7 Å². The van der Waals surface area contributed by atoms with Gasteiger partial charge in [-0.1, -0.05) is 0 Å². The van der Waals surface area contributed by atoms with Crippen molar-refractivity contribution in [3.05, 3.63) is 23.8 Å². The minimum atomic E-state index is -0.828. The maximum atomic E-state index is 11.7. The molecular formula is C14H24N4O6. The van der Waals surface area contributed by atoms with Crippen molar-refractivity contribution in [1.82, 2.24) is 9.80 Å². The average Bonchev–Trinajstić information content (AvgIpc) is 2.57. The summed E-state index contributed by atoms with van der Waals surface area (Å²) in [5.41, 5.74) is 10.6. The van der Waals surface area contributed by atoms with Crippen molar-refractivity contribution in [2.45, 2.75) is 0 Å². The highest BCUT2D eigenvalue weighted by Gasteiger charge is 2.30. The molecule has 0 saturated carbocycles. The molecule has 0 atom stereocenters. The third-order valence-corrected chi connectivity index (χ3v) is 3.61. The molecule has 0 fully saturated rings. The van der Waals surface area contributed by atoms with Crippen molar-refractivity contribution in [3.63, 3.8) is 0 Å². The van der Waals surface area contributed by atoms with Gasteiger partial charge in [-0.15, -0.1) is 0 Å². The van der Waals surface area contributed by atoms with Crippen LogP contribution < -0.4 is 11.5 Å². The monoisotopic (exact) mass is 344 g/mol. The lowest BCUT2D eigenvalue weighted by Crippen LogP contribution is -2.44. The van der Waals surface area contributed by atoms with Crippen LogP contribution in [0.3, 0.4) is 0 Å². The first kappa shape index (κ1) is 19.9. The highest BCUT2D eigenvalue weighted by atomic mass is 16.3. The Morgan fingerprint density at radius 1 is 0.833 bits per heavy atom. The van der Waals surface area contributed by atoms with Crippen LogP contribution in [0.15, 0.2) is 23.8 Å². The number of hydrogen-bond donors (Lipinski definition) is 6. The van der Waals surface area contributed by atoms with Crippen LogP contribution in [0.25, 0.3) is 0 Å². The Bertz CT molecular complexity index is 481. The Morgan fingerprint density at radius 3 is 1.54 bits per heavy atom. The lowest BCUT2D eigenvalue weighted by atomic mass is 10.1. The van der Waals surface area contributed by atoms with E-state index in [2.05, 4.69) is 0 Å². The van der Waals surface area contributed by atoms with Crippen LogP contribution in [0.2, 0.25) is 0 Å². The van der Waals surface area contributed by atoms with Crippen LogP contribution in [0.4, 0.5) is 0 Å². The van der Waals surface area contributed by atoms with Crippen LogP contribution >= 0.6 is 0 Å². The first-order valence-electron chi connectivity index (χ1n) is 7.37. The van der Waals surface area contributed by atoms with E-state index < -0.39 is 23.7 Å². The van der Waals surface area contributed by atoms with Gasteiger partial charge >= 0.3 is 0 Å². The zero-order valence-corrected chi connectivity index (χ0v) is 13.2. The summed E-state index contributed by atoms with van der Waals surface area (Å²) in [6, 6.07) is 0. The van der Waals surface area contributed by atoms with Crippen LogP contribution in [0.5, 0.6) is 0 Å². The predicted molar refractivity (Wildman–Crippen MR) is 83.3 cm³/mol. The molecule has 1 aliphatic rings. The number of carbonyl (C=O) groups is 2. The molecule has 0 aromatic carbocycles. The van der Waals surface area contributed by atoms with E-state index in [-0.39, 0.29) is 50.9 Å². The van der Waals surface area contributed by atoms with Crippen molar-refractivity contribution < 1.29 is 30.0 Å². The van der Waals surface area contributed by atoms with Gasteiger partial charge in [-0.05, 0) is 0 Å². The lowest BCUT2D eigenvalue weighted by Gasteiger charge is -2.35. The van der Waals surface area contributed by atoms with Gasteiger partial charge in [-0.3, -0.25) is 9.59 Å². The fourth-order valence-corrected chi connectivity index (χ4v) is 2.22. The molecule has 0 aromatic rings. The second-order valence-electron chi connectivity index (χ2n) is 5.53. The van der Waals surface area contributed by atoms with Gasteiger partial charge in [0.2, 0.25) is 0 Å². The van der Waals surface area contributed by atoms with E-state index in [9.17, 15) is 19.8 Å². The standard InChI is InChI=1S/C14H24N4O6/c15-13(23)11-3-17(1-9(5-19)6-20)4-12(14(16)24)18(11)2-10(7-21)8-22/h3-4,9-10,19-22H,1-2,5-8H2,(H2,15,23)(H2,16,24). The van der Waals surface area contributed by atoms with Crippen molar-refractivity contribution >= 4 is 11.8 Å². The molecule has 1 rings (SSSR count). The molecule has 0 saturated heterocycles. The van der Waals surface area contributed by atoms with Crippen LogP contribution in [0, 0.1) is 11.8 Å². The van der Waals surface area contributed by atoms with Gasteiger partial charge in [0.05, 0.1) is 0 Å². The third-order valence-electron chi connectivity index (χ3n) is 3.61. The zero-order valence-electron chi connectivity index (χ0n) is 13.2. The molecule has 0 spiro atoms. The van der Waals surface area contributed by atoms with Gasteiger partial charge in [0.1, 0.15) is 11.4 Å². The highest BCUT2D eigenvalue weighted by Crippen LogP contribution is 2.22. The molecule has 10 nitrogen and oxygen atoms in total. The number of nitrogens with zero attached hydrogens (tertiary/aromatic N) is 2. The number of primary amides is 2. The van der Waals surface area contributed by atoms with Crippen LogP contribution in [-0.4, -0.2) is 81.6 Å². The Kier molecular flexibility index (Phi) is 7.65. The van der Waals surface area contributed by atoms with E-state index in [1.165, 1.54) is 22.2 Å². The number of aliphatic hydroxyl groups excluding tert-OH is 4.